The zero-order valence-electron chi connectivity index (χ0n) is 11.3. The molecule has 0 radical (unpaired) electrons. The highest BCUT2D eigenvalue weighted by molar-refractivity contribution is 5.79. The van der Waals surface area contributed by atoms with Gasteiger partial charge in [-0.2, -0.15) is 0 Å². The van der Waals surface area contributed by atoms with E-state index in [1.807, 2.05) is 55.5 Å². The zero-order chi connectivity index (χ0) is 13.9. The molecule has 20 heavy (non-hydrogen) atoms. The van der Waals surface area contributed by atoms with E-state index < -0.39 is 0 Å². The van der Waals surface area contributed by atoms with Crippen LogP contribution >= 0.6 is 0 Å². The Morgan fingerprint density at radius 1 is 1.05 bits per heavy atom. The predicted molar refractivity (Wildman–Crippen MR) is 83.1 cm³/mol. The first-order valence-electron chi connectivity index (χ1n) is 6.64. The van der Waals surface area contributed by atoms with Crippen molar-refractivity contribution >= 4 is 16.6 Å². The summed E-state index contributed by atoms with van der Waals surface area (Å²) >= 11 is 0. The van der Waals surface area contributed by atoms with Gasteiger partial charge in [-0.05, 0) is 42.6 Å². The van der Waals surface area contributed by atoms with E-state index >= 15 is 0 Å². The first kappa shape index (κ1) is 12.5. The van der Waals surface area contributed by atoms with Gasteiger partial charge in [0, 0.05) is 23.3 Å². The third-order valence-corrected chi connectivity index (χ3v) is 3.33. The van der Waals surface area contributed by atoms with Crippen molar-refractivity contribution in [2.24, 2.45) is 0 Å². The monoisotopic (exact) mass is 264 g/mol. The summed E-state index contributed by atoms with van der Waals surface area (Å²) in [4.78, 5) is 15.0. The lowest BCUT2D eigenvalue weighted by atomic mass is 10.1. The average Bonchev–Trinajstić information content (AvgIpc) is 2.46. The Hall–Kier alpha value is -2.55. The standard InChI is InChI=1S/C17H16N2O/c1-12-7-8-16-13(9-12)10-14(17(20)19-16)11-18-15-5-3-2-4-6-15/h2-10,18H,11H2,1H3,(H,19,20). The maximum atomic E-state index is 12.0. The van der Waals surface area contributed by atoms with Gasteiger partial charge in [-0.1, -0.05) is 29.8 Å². The number of hydrogen-bond donors (Lipinski definition) is 2. The van der Waals surface area contributed by atoms with Crippen molar-refractivity contribution < 1.29 is 0 Å². The third-order valence-electron chi connectivity index (χ3n) is 3.33. The zero-order valence-corrected chi connectivity index (χ0v) is 11.3. The summed E-state index contributed by atoms with van der Waals surface area (Å²) in [5, 5.41) is 4.33. The van der Waals surface area contributed by atoms with Crippen LogP contribution in [-0.4, -0.2) is 4.98 Å². The molecule has 2 N–H and O–H groups in total. The molecule has 0 spiro atoms. The number of hydrogen-bond acceptors (Lipinski definition) is 2. The van der Waals surface area contributed by atoms with Gasteiger partial charge in [-0.3, -0.25) is 4.79 Å². The second-order valence-electron chi connectivity index (χ2n) is 4.93. The number of aryl methyl sites for hydroxylation is 1. The van der Waals surface area contributed by atoms with Crippen LogP contribution in [0.2, 0.25) is 0 Å². The van der Waals surface area contributed by atoms with E-state index in [1.54, 1.807) is 0 Å². The summed E-state index contributed by atoms with van der Waals surface area (Å²) in [6.45, 7) is 2.57. The second-order valence-corrected chi connectivity index (χ2v) is 4.93. The molecule has 3 aromatic rings. The molecule has 3 rings (SSSR count). The smallest absolute Gasteiger partial charge is 0.253 e. The maximum absolute atomic E-state index is 12.0. The van der Waals surface area contributed by atoms with Crippen molar-refractivity contribution in [2.75, 3.05) is 5.32 Å². The number of para-hydroxylation sites is 1. The van der Waals surface area contributed by atoms with Crippen molar-refractivity contribution in [2.45, 2.75) is 13.5 Å². The lowest BCUT2D eigenvalue weighted by Crippen LogP contribution is -2.15. The molecule has 3 nitrogen and oxygen atoms in total. The van der Waals surface area contributed by atoms with Gasteiger partial charge in [-0.25, -0.2) is 0 Å². The average molecular weight is 264 g/mol. The van der Waals surface area contributed by atoms with E-state index in [0.717, 1.165) is 22.2 Å². The molecule has 0 fully saturated rings. The van der Waals surface area contributed by atoms with Gasteiger partial charge in [0.25, 0.3) is 5.56 Å². The van der Waals surface area contributed by atoms with Crippen LogP contribution in [0, 0.1) is 6.92 Å². The van der Waals surface area contributed by atoms with Crippen LogP contribution in [-0.2, 0) is 6.54 Å². The Kier molecular flexibility index (Phi) is 3.25. The van der Waals surface area contributed by atoms with Gasteiger partial charge in [0.1, 0.15) is 0 Å². The third kappa shape index (κ3) is 2.57. The summed E-state index contributed by atoms with van der Waals surface area (Å²) in [6.07, 6.45) is 0. The van der Waals surface area contributed by atoms with Crippen LogP contribution in [0.1, 0.15) is 11.1 Å². The molecule has 0 atom stereocenters. The summed E-state index contributed by atoms with van der Waals surface area (Å²) in [7, 11) is 0. The summed E-state index contributed by atoms with van der Waals surface area (Å²) in [5.41, 5.74) is 3.78. The van der Waals surface area contributed by atoms with Gasteiger partial charge >= 0.3 is 0 Å². The van der Waals surface area contributed by atoms with Gasteiger partial charge in [-0.15, -0.1) is 0 Å². The Balaban J connectivity index is 1.91. The van der Waals surface area contributed by atoms with E-state index in [4.69, 9.17) is 0 Å². The topological polar surface area (TPSA) is 44.9 Å². The van der Waals surface area contributed by atoms with Gasteiger partial charge < -0.3 is 10.3 Å². The van der Waals surface area contributed by atoms with Crippen LogP contribution in [0.15, 0.2) is 59.4 Å². The molecule has 0 saturated carbocycles. The number of benzene rings is 2. The van der Waals surface area contributed by atoms with Crippen LogP contribution in [0.5, 0.6) is 0 Å². The van der Waals surface area contributed by atoms with Crippen molar-refractivity contribution in [1.82, 2.24) is 4.98 Å². The minimum Gasteiger partial charge on any atom is -0.381 e. The minimum absolute atomic E-state index is 0.0372. The molecular formula is C17H16N2O. The normalized spacial score (nSPS) is 10.7. The lowest BCUT2D eigenvalue weighted by Gasteiger charge is -2.07. The highest BCUT2D eigenvalue weighted by Gasteiger charge is 2.03. The van der Waals surface area contributed by atoms with Crippen LogP contribution in [0.4, 0.5) is 5.69 Å². The number of fused-ring (bicyclic) bond motifs is 1. The van der Waals surface area contributed by atoms with Crippen molar-refractivity contribution in [3.63, 3.8) is 0 Å². The van der Waals surface area contributed by atoms with E-state index in [2.05, 4.69) is 16.4 Å². The fraction of sp³-hybridized carbons (Fsp3) is 0.118. The molecule has 1 aromatic heterocycles. The lowest BCUT2D eigenvalue weighted by molar-refractivity contribution is 1.09. The molecule has 0 aliphatic rings. The molecule has 0 bridgehead atoms. The van der Waals surface area contributed by atoms with Crippen LogP contribution < -0.4 is 10.9 Å². The first-order valence-corrected chi connectivity index (χ1v) is 6.64. The molecular weight excluding hydrogens is 248 g/mol. The number of pyridine rings is 1. The SMILES string of the molecule is Cc1ccc2[nH]c(=O)c(CNc3ccccc3)cc2c1. The fourth-order valence-electron chi connectivity index (χ4n) is 2.26. The summed E-state index contributed by atoms with van der Waals surface area (Å²) < 4.78 is 0. The first-order chi connectivity index (χ1) is 9.72. The van der Waals surface area contributed by atoms with Gasteiger partial charge in [0.05, 0.1) is 0 Å². The number of H-pyrrole nitrogens is 1. The maximum Gasteiger partial charge on any atom is 0.253 e. The second kappa shape index (κ2) is 5.21. The Morgan fingerprint density at radius 2 is 1.85 bits per heavy atom. The molecule has 0 amide bonds. The molecule has 0 unspecified atom stereocenters. The highest BCUT2D eigenvalue weighted by Crippen LogP contribution is 2.14. The van der Waals surface area contributed by atoms with E-state index in [0.29, 0.717) is 6.54 Å². The number of aromatic nitrogens is 1. The van der Waals surface area contributed by atoms with E-state index in [9.17, 15) is 4.79 Å². The van der Waals surface area contributed by atoms with E-state index in [1.165, 1.54) is 5.56 Å². The molecule has 2 aromatic carbocycles. The Labute approximate surface area is 117 Å². The quantitative estimate of drug-likeness (QED) is 0.761. The minimum atomic E-state index is -0.0372. The molecule has 0 aliphatic carbocycles. The molecule has 0 saturated heterocycles. The van der Waals surface area contributed by atoms with E-state index in [-0.39, 0.29) is 5.56 Å². The number of nitrogens with one attached hydrogen (secondary N) is 2. The van der Waals surface area contributed by atoms with Crippen molar-refractivity contribution in [3.05, 3.63) is 76.1 Å². The Bertz CT molecular complexity index is 791. The molecule has 0 aliphatic heterocycles. The molecule has 3 heteroatoms. The van der Waals surface area contributed by atoms with Crippen molar-refractivity contribution in [1.29, 1.82) is 0 Å². The van der Waals surface area contributed by atoms with Crippen LogP contribution in [0.25, 0.3) is 10.9 Å². The summed E-state index contributed by atoms with van der Waals surface area (Å²) in [6, 6.07) is 17.9. The van der Waals surface area contributed by atoms with Crippen LogP contribution in [0.3, 0.4) is 0 Å². The van der Waals surface area contributed by atoms with Gasteiger partial charge in [0.2, 0.25) is 0 Å². The predicted octanol–water partition coefficient (Wildman–Crippen LogP) is 3.45. The number of aromatic amines is 1. The summed E-state index contributed by atoms with van der Waals surface area (Å²) in [5.74, 6) is 0. The number of anilines is 1. The fourth-order valence-corrected chi connectivity index (χ4v) is 2.26. The highest BCUT2D eigenvalue weighted by atomic mass is 16.1. The van der Waals surface area contributed by atoms with Crippen molar-refractivity contribution in [3.8, 4) is 0 Å². The van der Waals surface area contributed by atoms with Gasteiger partial charge in [0.15, 0.2) is 0 Å². The Morgan fingerprint density at radius 3 is 2.65 bits per heavy atom. The molecule has 1 heterocycles. The largest absolute Gasteiger partial charge is 0.381 e. The molecule has 100 valence electrons. The number of rotatable bonds is 3.